The van der Waals surface area contributed by atoms with Crippen molar-refractivity contribution in [2.75, 3.05) is 11.1 Å². The van der Waals surface area contributed by atoms with E-state index < -0.39 is 11.7 Å². The molecule has 1 aromatic rings. The highest BCUT2D eigenvalue weighted by atomic mass is 32.2. The molecule has 0 fully saturated rings. The summed E-state index contributed by atoms with van der Waals surface area (Å²) in [6.07, 6.45) is -4.26. The number of alkyl halides is 3. The summed E-state index contributed by atoms with van der Waals surface area (Å²) in [5.41, 5.74) is 0.237. The predicted molar refractivity (Wildman–Crippen MR) is 64.4 cm³/mol. The summed E-state index contributed by atoms with van der Waals surface area (Å²) in [6.45, 7) is 4.21. The number of anilines is 1. The Morgan fingerprint density at radius 3 is 2.65 bits per heavy atom. The van der Waals surface area contributed by atoms with Gasteiger partial charge in [-0.05, 0) is 24.1 Å². The molecule has 17 heavy (non-hydrogen) atoms. The van der Waals surface area contributed by atoms with Crippen molar-refractivity contribution >= 4 is 17.4 Å². The Morgan fingerprint density at radius 2 is 2.06 bits per heavy atom. The van der Waals surface area contributed by atoms with Crippen LogP contribution in [-0.2, 0) is 6.18 Å². The molecular formula is C12H14F3NS. The fourth-order valence-corrected chi connectivity index (χ4v) is 3.04. The van der Waals surface area contributed by atoms with Gasteiger partial charge in [-0.3, -0.25) is 0 Å². The Hall–Kier alpha value is -0.840. The number of rotatable bonds is 1. The first-order chi connectivity index (χ1) is 7.88. The van der Waals surface area contributed by atoms with E-state index in [9.17, 15) is 13.2 Å². The third kappa shape index (κ3) is 2.70. The molecule has 94 valence electrons. The lowest BCUT2D eigenvalue weighted by Crippen LogP contribution is -2.31. The Kier molecular flexibility index (Phi) is 3.30. The molecule has 0 bridgehead atoms. The normalized spacial score (nSPS) is 20.0. The lowest BCUT2D eigenvalue weighted by Gasteiger charge is -2.29. The third-order valence-electron chi connectivity index (χ3n) is 2.87. The van der Waals surface area contributed by atoms with E-state index in [0.717, 1.165) is 17.5 Å². The molecule has 0 amide bonds. The maximum Gasteiger partial charge on any atom is 0.416 e. The second kappa shape index (κ2) is 4.44. The fraction of sp³-hybridized carbons (Fsp3) is 0.500. The van der Waals surface area contributed by atoms with Gasteiger partial charge in [-0.25, -0.2) is 0 Å². The molecule has 0 aliphatic carbocycles. The molecule has 1 aromatic carbocycles. The first-order valence-corrected chi connectivity index (χ1v) is 6.47. The number of nitrogens with one attached hydrogen (secondary N) is 1. The van der Waals surface area contributed by atoms with Crippen LogP contribution in [0.5, 0.6) is 0 Å². The van der Waals surface area contributed by atoms with Crippen molar-refractivity contribution in [1.82, 2.24) is 0 Å². The Bertz CT molecular complexity index is 415. The van der Waals surface area contributed by atoms with Crippen molar-refractivity contribution < 1.29 is 13.2 Å². The standard InChI is InChI=1S/C12H14F3NS/c1-7(2)10-6-17-11-5-8(12(13,14)15)3-4-9(11)16-10/h3-5,7,10,16H,6H2,1-2H3. The van der Waals surface area contributed by atoms with E-state index in [1.165, 1.54) is 23.9 Å². The van der Waals surface area contributed by atoms with Crippen molar-refractivity contribution in [2.24, 2.45) is 5.92 Å². The van der Waals surface area contributed by atoms with E-state index in [4.69, 9.17) is 0 Å². The average Bonchev–Trinajstić information content (AvgIpc) is 2.26. The van der Waals surface area contributed by atoms with Crippen molar-refractivity contribution in [2.45, 2.75) is 31.0 Å². The van der Waals surface area contributed by atoms with Crippen LogP contribution in [0.25, 0.3) is 0 Å². The van der Waals surface area contributed by atoms with Crippen LogP contribution in [0, 0.1) is 5.92 Å². The molecule has 5 heteroatoms. The molecule has 1 nitrogen and oxygen atoms in total. The molecule has 1 unspecified atom stereocenters. The molecule has 0 saturated carbocycles. The minimum atomic E-state index is -4.26. The van der Waals surface area contributed by atoms with E-state index in [0.29, 0.717) is 16.9 Å². The van der Waals surface area contributed by atoms with Gasteiger partial charge < -0.3 is 5.32 Å². The van der Waals surface area contributed by atoms with Gasteiger partial charge in [0.2, 0.25) is 0 Å². The topological polar surface area (TPSA) is 12.0 Å². The fourth-order valence-electron chi connectivity index (χ4n) is 1.72. The second-order valence-electron chi connectivity index (χ2n) is 4.51. The monoisotopic (exact) mass is 261 g/mol. The number of halogens is 3. The molecule has 1 N–H and O–H groups in total. The summed E-state index contributed by atoms with van der Waals surface area (Å²) in [7, 11) is 0. The van der Waals surface area contributed by atoms with Crippen LogP contribution in [0.4, 0.5) is 18.9 Å². The Labute approximate surface area is 103 Å². The van der Waals surface area contributed by atoms with Gasteiger partial charge in [-0.1, -0.05) is 13.8 Å². The van der Waals surface area contributed by atoms with Gasteiger partial charge in [-0.2, -0.15) is 13.2 Å². The maximum absolute atomic E-state index is 12.5. The zero-order valence-electron chi connectivity index (χ0n) is 9.64. The van der Waals surface area contributed by atoms with Crippen LogP contribution < -0.4 is 5.32 Å². The highest BCUT2D eigenvalue weighted by Crippen LogP contribution is 2.39. The van der Waals surface area contributed by atoms with Crippen LogP contribution in [-0.4, -0.2) is 11.8 Å². The summed E-state index contributed by atoms with van der Waals surface area (Å²) < 4.78 is 37.6. The zero-order chi connectivity index (χ0) is 12.6. The van der Waals surface area contributed by atoms with Crippen LogP contribution in [0.1, 0.15) is 19.4 Å². The molecule has 2 rings (SSSR count). The first-order valence-electron chi connectivity index (χ1n) is 5.48. The highest BCUT2D eigenvalue weighted by molar-refractivity contribution is 7.99. The predicted octanol–water partition coefficient (Wildman–Crippen LogP) is 4.25. The van der Waals surface area contributed by atoms with Gasteiger partial charge in [0.1, 0.15) is 0 Å². The SMILES string of the molecule is CC(C)C1CSc2cc(C(F)(F)F)ccc2N1. The summed E-state index contributed by atoms with van der Waals surface area (Å²) in [5, 5.41) is 3.29. The lowest BCUT2D eigenvalue weighted by molar-refractivity contribution is -0.137. The van der Waals surface area contributed by atoms with Crippen molar-refractivity contribution in [3.63, 3.8) is 0 Å². The summed E-state index contributed by atoms with van der Waals surface area (Å²) in [6, 6.07) is 4.21. The third-order valence-corrected chi connectivity index (χ3v) is 4.05. The minimum absolute atomic E-state index is 0.323. The number of fused-ring (bicyclic) bond motifs is 1. The van der Waals surface area contributed by atoms with E-state index in [2.05, 4.69) is 19.2 Å². The molecule has 0 saturated heterocycles. The zero-order valence-corrected chi connectivity index (χ0v) is 10.5. The Morgan fingerprint density at radius 1 is 1.35 bits per heavy atom. The maximum atomic E-state index is 12.5. The molecule has 1 heterocycles. The van der Waals surface area contributed by atoms with Gasteiger partial charge >= 0.3 is 6.18 Å². The van der Waals surface area contributed by atoms with Crippen molar-refractivity contribution in [1.29, 1.82) is 0 Å². The molecule has 0 radical (unpaired) electrons. The number of hydrogen-bond donors (Lipinski definition) is 1. The van der Waals surface area contributed by atoms with Gasteiger partial charge in [0.15, 0.2) is 0 Å². The number of hydrogen-bond acceptors (Lipinski definition) is 2. The summed E-state index contributed by atoms with van der Waals surface area (Å²) in [5.74, 6) is 1.28. The molecule has 1 aliphatic rings. The van der Waals surface area contributed by atoms with Gasteiger partial charge in [0.25, 0.3) is 0 Å². The van der Waals surface area contributed by atoms with Gasteiger partial charge in [-0.15, -0.1) is 11.8 Å². The largest absolute Gasteiger partial charge is 0.416 e. The van der Waals surface area contributed by atoms with E-state index in [1.54, 1.807) is 0 Å². The van der Waals surface area contributed by atoms with Crippen LogP contribution in [0.15, 0.2) is 23.1 Å². The van der Waals surface area contributed by atoms with Gasteiger partial charge in [0, 0.05) is 22.4 Å². The minimum Gasteiger partial charge on any atom is -0.380 e. The van der Waals surface area contributed by atoms with Crippen molar-refractivity contribution in [3.05, 3.63) is 23.8 Å². The molecule has 1 atom stereocenters. The molecule has 1 aliphatic heterocycles. The van der Waals surface area contributed by atoms with Gasteiger partial charge in [0.05, 0.1) is 5.56 Å². The first kappa shape index (κ1) is 12.6. The van der Waals surface area contributed by atoms with E-state index in [-0.39, 0.29) is 0 Å². The van der Waals surface area contributed by atoms with Crippen LogP contribution >= 0.6 is 11.8 Å². The lowest BCUT2D eigenvalue weighted by atomic mass is 10.1. The molecule has 0 spiro atoms. The number of benzene rings is 1. The molecule has 0 aromatic heterocycles. The van der Waals surface area contributed by atoms with E-state index >= 15 is 0 Å². The number of thioether (sulfide) groups is 1. The van der Waals surface area contributed by atoms with Crippen molar-refractivity contribution in [3.8, 4) is 0 Å². The van der Waals surface area contributed by atoms with E-state index in [1.807, 2.05) is 0 Å². The Balaban J connectivity index is 2.26. The molecular weight excluding hydrogens is 247 g/mol. The average molecular weight is 261 g/mol. The smallest absolute Gasteiger partial charge is 0.380 e. The summed E-state index contributed by atoms with van der Waals surface area (Å²) >= 11 is 1.49. The van der Waals surface area contributed by atoms with Crippen LogP contribution in [0.3, 0.4) is 0 Å². The second-order valence-corrected chi connectivity index (χ2v) is 5.58. The quantitative estimate of drug-likeness (QED) is 0.811. The summed E-state index contributed by atoms with van der Waals surface area (Å²) in [4.78, 5) is 0.691. The highest BCUT2D eigenvalue weighted by Gasteiger charge is 2.32. The van der Waals surface area contributed by atoms with Crippen LogP contribution in [0.2, 0.25) is 0 Å².